The van der Waals surface area contributed by atoms with Crippen molar-refractivity contribution in [2.45, 2.75) is 24.9 Å². The molecule has 0 saturated carbocycles. The summed E-state index contributed by atoms with van der Waals surface area (Å²) in [6.45, 7) is 0. The fourth-order valence-corrected chi connectivity index (χ4v) is 3.72. The summed E-state index contributed by atoms with van der Waals surface area (Å²) in [6.07, 6.45) is 1.02. The molecule has 5 nitrogen and oxygen atoms in total. The van der Waals surface area contributed by atoms with Crippen molar-refractivity contribution >= 4 is 22.6 Å². The summed E-state index contributed by atoms with van der Waals surface area (Å²) in [4.78, 5) is 27.4. The molecule has 0 aromatic heterocycles. The van der Waals surface area contributed by atoms with Gasteiger partial charge in [0.05, 0.1) is 6.04 Å². The lowest BCUT2D eigenvalue weighted by Gasteiger charge is -2.30. The Hall–Kier alpha value is -3.18. The van der Waals surface area contributed by atoms with Crippen LogP contribution in [0.15, 0.2) is 72.8 Å². The third-order valence-electron chi connectivity index (χ3n) is 5.54. The Morgan fingerprint density at radius 2 is 1.50 bits per heavy atom. The lowest BCUT2D eigenvalue weighted by atomic mass is 9.99. The highest BCUT2D eigenvalue weighted by molar-refractivity contribution is 5.90. The highest BCUT2D eigenvalue weighted by Gasteiger charge is 2.30. The van der Waals surface area contributed by atoms with Crippen molar-refractivity contribution in [3.8, 4) is 0 Å². The molecular formula is C25H29N3O2. The molecule has 0 fully saturated rings. The molecule has 3 aromatic rings. The van der Waals surface area contributed by atoms with E-state index in [0.29, 0.717) is 12.8 Å². The first-order chi connectivity index (χ1) is 14.5. The predicted molar refractivity (Wildman–Crippen MR) is 121 cm³/mol. The molecule has 0 saturated heterocycles. The maximum absolute atomic E-state index is 13.3. The number of hydrogen-bond acceptors (Lipinski definition) is 3. The maximum Gasteiger partial charge on any atom is 0.242 e. The summed E-state index contributed by atoms with van der Waals surface area (Å²) in [5.74, 6) is -0.273. The zero-order valence-electron chi connectivity index (χ0n) is 17.8. The SMILES string of the molecule is CNC(=O)[C@@H](Cc1ccccc1)N(C)C(=O)[C@@H](Cc1ccc2ccccc2c1)NC. The highest BCUT2D eigenvalue weighted by atomic mass is 16.2. The minimum Gasteiger partial charge on any atom is -0.357 e. The van der Waals surface area contributed by atoms with Gasteiger partial charge in [0.2, 0.25) is 11.8 Å². The van der Waals surface area contributed by atoms with E-state index in [0.717, 1.165) is 16.5 Å². The molecule has 0 radical (unpaired) electrons. The fraction of sp³-hybridized carbons (Fsp3) is 0.280. The number of nitrogens with one attached hydrogen (secondary N) is 2. The number of hydrogen-bond donors (Lipinski definition) is 2. The Morgan fingerprint density at radius 3 is 2.17 bits per heavy atom. The Labute approximate surface area is 178 Å². The Bertz CT molecular complexity index is 1000. The average Bonchev–Trinajstić information content (AvgIpc) is 2.80. The number of rotatable bonds is 8. The van der Waals surface area contributed by atoms with Gasteiger partial charge in [0.1, 0.15) is 6.04 Å². The zero-order chi connectivity index (χ0) is 21.5. The minimum absolute atomic E-state index is 0.102. The monoisotopic (exact) mass is 403 g/mol. The number of amides is 2. The number of carbonyl (C=O) groups excluding carboxylic acids is 2. The van der Waals surface area contributed by atoms with Crippen LogP contribution < -0.4 is 10.6 Å². The highest BCUT2D eigenvalue weighted by Crippen LogP contribution is 2.18. The topological polar surface area (TPSA) is 61.4 Å². The van der Waals surface area contributed by atoms with E-state index in [1.165, 1.54) is 5.39 Å². The second-order valence-electron chi connectivity index (χ2n) is 7.50. The Morgan fingerprint density at radius 1 is 0.833 bits per heavy atom. The predicted octanol–water partition coefficient (Wildman–Crippen LogP) is 2.79. The van der Waals surface area contributed by atoms with Crippen LogP contribution in [0.25, 0.3) is 10.8 Å². The van der Waals surface area contributed by atoms with E-state index >= 15 is 0 Å². The number of likely N-dealkylation sites (N-methyl/N-ethyl adjacent to an activating group) is 3. The zero-order valence-corrected chi connectivity index (χ0v) is 17.8. The molecule has 0 unspecified atom stereocenters. The van der Waals surface area contributed by atoms with Gasteiger partial charge in [0.25, 0.3) is 0 Å². The smallest absolute Gasteiger partial charge is 0.242 e. The quantitative estimate of drug-likeness (QED) is 0.608. The standard InChI is InChI=1S/C25H29N3O2/c1-26-22(16-19-13-14-20-11-7-8-12-21(20)15-19)25(30)28(3)23(24(29)27-2)17-18-9-5-4-6-10-18/h4-15,22-23,26H,16-17H2,1-3H3,(H,27,29)/t22-,23-/m1/s1. The molecule has 2 N–H and O–H groups in total. The third-order valence-corrected chi connectivity index (χ3v) is 5.54. The van der Waals surface area contributed by atoms with Gasteiger partial charge in [-0.05, 0) is 35.4 Å². The van der Waals surface area contributed by atoms with Gasteiger partial charge in [-0.2, -0.15) is 0 Å². The van der Waals surface area contributed by atoms with Crippen LogP contribution in [0.3, 0.4) is 0 Å². The van der Waals surface area contributed by atoms with Crippen molar-refractivity contribution in [2.24, 2.45) is 0 Å². The van der Waals surface area contributed by atoms with Crippen molar-refractivity contribution in [2.75, 3.05) is 21.1 Å². The molecule has 2 atom stereocenters. The Balaban J connectivity index is 1.78. The van der Waals surface area contributed by atoms with Gasteiger partial charge in [-0.1, -0.05) is 72.8 Å². The van der Waals surface area contributed by atoms with Crippen molar-refractivity contribution in [1.29, 1.82) is 0 Å². The lowest BCUT2D eigenvalue weighted by Crippen LogP contribution is -2.53. The number of fused-ring (bicyclic) bond motifs is 1. The van der Waals surface area contributed by atoms with Crippen LogP contribution in [0.2, 0.25) is 0 Å². The van der Waals surface area contributed by atoms with Crippen molar-refractivity contribution in [3.63, 3.8) is 0 Å². The molecular weight excluding hydrogens is 374 g/mol. The van der Waals surface area contributed by atoms with Gasteiger partial charge in [-0.3, -0.25) is 9.59 Å². The van der Waals surface area contributed by atoms with Crippen LogP contribution in [0, 0.1) is 0 Å². The number of benzene rings is 3. The maximum atomic E-state index is 13.3. The summed E-state index contributed by atoms with van der Waals surface area (Å²) in [5, 5.41) is 8.15. The van der Waals surface area contributed by atoms with Crippen LogP contribution in [-0.2, 0) is 22.4 Å². The molecule has 2 amide bonds. The lowest BCUT2D eigenvalue weighted by molar-refractivity contribution is -0.140. The van der Waals surface area contributed by atoms with Gasteiger partial charge < -0.3 is 15.5 Å². The van der Waals surface area contributed by atoms with Gasteiger partial charge >= 0.3 is 0 Å². The second kappa shape index (κ2) is 10.0. The van der Waals surface area contributed by atoms with E-state index in [4.69, 9.17) is 0 Å². The summed E-state index contributed by atoms with van der Waals surface area (Å²) < 4.78 is 0. The molecule has 3 aromatic carbocycles. The first-order valence-corrected chi connectivity index (χ1v) is 10.2. The van der Waals surface area contributed by atoms with E-state index in [-0.39, 0.29) is 11.8 Å². The van der Waals surface area contributed by atoms with E-state index in [2.05, 4.69) is 41.0 Å². The molecule has 0 aliphatic rings. The Kier molecular flexibility index (Phi) is 7.20. The normalized spacial score (nSPS) is 12.9. The molecule has 3 rings (SSSR count). The van der Waals surface area contributed by atoms with Gasteiger partial charge in [0, 0.05) is 20.5 Å². The summed E-state index contributed by atoms with van der Waals surface area (Å²) in [5.41, 5.74) is 2.09. The molecule has 0 aliphatic heterocycles. The van der Waals surface area contributed by atoms with Gasteiger partial charge in [0.15, 0.2) is 0 Å². The van der Waals surface area contributed by atoms with Crippen LogP contribution >= 0.6 is 0 Å². The summed E-state index contributed by atoms with van der Waals surface area (Å²) >= 11 is 0. The van der Waals surface area contributed by atoms with Crippen molar-refractivity contribution < 1.29 is 9.59 Å². The van der Waals surface area contributed by atoms with E-state index < -0.39 is 12.1 Å². The molecule has 0 aliphatic carbocycles. The first-order valence-electron chi connectivity index (χ1n) is 10.2. The molecule has 156 valence electrons. The summed E-state index contributed by atoms with van der Waals surface area (Å²) in [6, 6.07) is 23.2. The van der Waals surface area contributed by atoms with Crippen molar-refractivity contribution in [1.82, 2.24) is 15.5 Å². The first kappa shape index (κ1) is 21.5. The molecule has 0 heterocycles. The fourth-order valence-electron chi connectivity index (χ4n) is 3.72. The van der Waals surface area contributed by atoms with Crippen LogP contribution in [0.1, 0.15) is 11.1 Å². The van der Waals surface area contributed by atoms with Crippen molar-refractivity contribution in [3.05, 3.63) is 83.9 Å². The molecule has 30 heavy (non-hydrogen) atoms. The largest absolute Gasteiger partial charge is 0.357 e. The van der Waals surface area contributed by atoms with E-state index in [1.807, 2.05) is 42.5 Å². The van der Waals surface area contributed by atoms with E-state index in [1.54, 1.807) is 26.0 Å². The number of nitrogens with zero attached hydrogens (tertiary/aromatic N) is 1. The molecule has 0 bridgehead atoms. The van der Waals surface area contributed by atoms with Crippen LogP contribution in [0.5, 0.6) is 0 Å². The van der Waals surface area contributed by atoms with Crippen LogP contribution in [-0.4, -0.2) is 49.9 Å². The number of carbonyl (C=O) groups is 2. The molecule has 5 heteroatoms. The molecule has 0 spiro atoms. The minimum atomic E-state index is -0.572. The second-order valence-corrected chi connectivity index (χ2v) is 7.50. The average molecular weight is 404 g/mol. The van der Waals surface area contributed by atoms with Gasteiger partial charge in [-0.25, -0.2) is 0 Å². The van der Waals surface area contributed by atoms with E-state index in [9.17, 15) is 9.59 Å². The van der Waals surface area contributed by atoms with Gasteiger partial charge in [-0.15, -0.1) is 0 Å². The van der Waals surface area contributed by atoms with Crippen LogP contribution in [0.4, 0.5) is 0 Å². The summed E-state index contributed by atoms with van der Waals surface area (Å²) in [7, 11) is 5.09. The third kappa shape index (κ3) is 5.05.